The SMILES string of the molecule is CC.OC[C@@H]1C[C@H](O)CCO1. The van der Waals surface area contributed by atoms with Gasteiger partial charge in [-0.3, -0.25) is 0 Å². The number of rotatable bonds is 1. The first-order valence-electron chi connectivity index (χ1n) is 4.23. The smallest absolute Gasteiger partial charge is 0.0830 e. The molecule has 0 amide bonds. The molecule has 0 aromatic rings. The van der Waals surface area contributed by atoms with Crippen LogP contribution in [0.3, 0.4) is 0 Å². The molecular weight excluding hydrogens is 144 g/mol. The molecule has 3 nitrogen and oxygen atoms in total. The van der Waals surface area contributed by atoms with Gasteiger partial charge >= 0.3 is 0 Å². The monoisotopic (exact) mass is 162 g/mol. The lowest BCUT2D eigenvalue weighted by Gasteiger charge is -2.24. The summed E-state index contributed by atoms with van der Waals surface area (Å²) in [5, 5.41) is 17.6. The molecule has 1 aliphatic heterocycles. The van der Waals surface area contributed by atoms with Gasteiger partial charge in [-0.05, 0) is 6.42 Å². The summed E-state index contributed by atoms with van der Waals surface area (Å²) < 4.78 is 5.09. The highest BCUT2D eigenvalue weighted by atomic mass is 16.5. The van der Waals surface area contributed by atoms with Crippen molar-refractivity contribution in [3.05, 3.63) is 0 Å². The van der Waals surface area contributed by atoms with Crippen LogP contribution >= 0.6 is 0 Å². The van der Waals surface area contributed by atoms with Gasteiger partial charge in [0.15, 0.2) is 0 Å². The van der Waals surface area contributed by atoms with Crippen molar-refractivity contribution < 1.29 is 14.9 Å². The van der Waals surface area contributed by atoms with Crippen LogP contribution in [-0.4, -0.2) is 35.6 Å². The van der Waals surface area contributed by atoms with Crippen LogP contribution in [-0.2, 0) is 4.74 Å². The van der Waals surface area contributed by atoms with E-state index in [2.05, 4.69) is 0 Å². The number of ether oxygens (including phenoxy) is 1. The van der Waals surface area contributed by atoms with Crippen LogP contribution in [0.5, 0.6) is 0 Å². The molecule has 0 unspecified atom stereocenters. The Balaban J connectivity index is 0.000000461. The van der Waals surface area contributed by atoms with E-state index in [-0.39, 0.29) is 18.8 Å². The summed E-state index contributed by atoms with van der Waals surface area (Å²) in [5.41, 5.74) is 0. The Hall–Kier alpha value is -0.120. The molecule has 0 radical (unpaired) electrons. The molecule has 2 atom stereocenters. The van der Waals surface area contributed by atoms with E-state index in [1.165, 1.54) is 0 Å². The fourth-order valence-corrected chi connectivity index (χ4v) is 0.987. The Kier molecular flexibility index (Phi) is 6.51. The van der Waals surface area contributed by atoms with Crippen LogP contribution in [0.4, 0.5) is 0 Å². The second-order valence-electron chi connectivity index (χ2n) is 2.35. The zero-order valence-corrected chi connectivity index (χ0v) is 7.29. The Morgan fingerprint density at radius 1 is 1.45 bits per heavy atom. The quantitative estimate of drug-likeness (QED) is 0.592. The van der Waals surface area contributed by atoms with Gasteiger partial charge in [0.25, 0.3) is 0 Å². The fourth-order valence-electron chi connectivity index (χ4n) is 0.987. The van der Waals surface area contributed by atoms with Gasteiger partial charge in [-0.25, -0.2) is 0 Å². The summed E-state index contributed by atoms with van der Waals surface area (Å²) in [6.07, 6.45) is 0.886. The highest BCUT2D eigenvalue weighted by Crippen LogP contribution is 2.12. The van der Waals surface area contributed by atoms with Crippen LogP contribution in [0.25, 0.3) is 0 Å². The molecule has 3 heteroatoms. The van der Waals surface area contributed by atoms with E-state index in [0.29, 0.717) is 19.4 Å². The van der Waals surface area contributed by atoms with Crippen LogP contribution in [0, 0.1) is 0 Å². The molecule has 0 aromatic carbocycles. The van der Waals surface area contributed by atoms with Crippen molar-refractivity contribution in [2.24, 2.45) is 0 Å². The van der Waals surface area contributed by atoms with E-state index >= 15 is 0 Å². The van der Waals surface area contributed by atoms with Crippen molar-refractivity contribution >= 4 is 0 Å². The average Bonchev–Trinajstić information content (AvgIpc) is 2.08. The molecule has 1 fully saturated rings. The standard InChI is InChI=1S/C6H12O3.C2H6/c7-4-6-3-5(8)1-2-9-6;1-2/h5-8H,1-4H2;1-2H3/t5-,6+;/m1./s1. The normalized spacial score (nSPS) is 30.5. The third kappa shape index (κ3) is 4.35. The molecule has 11 heavy (non-hydrogen) atoms. The Morgan fingerprint density at radius 2 is 2.09 bits per heavy atom. The minimum Gasteiger partial charge on any atom is -0.394 e. The fraction of sp³-hybridized carbons (Fsp3) is 1.00. The van der Waals surface area contributed by atoms with E-state index < -0.39 is 0 Å². The second kappa shape index (κ2) is 6.58. The lowest BCUT2D eigenvalue weighted by Crippen LogP contribution is -2.31. The Bertz CT molecular complexity index is 85.4. The summed E-state index contributed by atoms with van der Waals surface area (Å²) in [7, 11) is 0. The third-order valence-corrected chi connectivity index (χ3v) is 1.54. The summed E-state index contributed by atoms with van der Waals surface area (Å²) in [4.78, 5) is 0. The van der Waals surface area contributed by atoms with E-state index in [1.807, 2.05) is 13.8 Å². The lowest BCUT2D eigenvalue weighted by atomic mass is 10.1. The number of aliphatic hydroxyl groups is 2. The van der Waals surface area contributed by atoms with Gasteiger partial charge in [0.1, 0.15) is 0 Å². The molecule has 68 valence electrons. The lowest BCUT2D eigenvalue weighted by molar-refractivity contribution is -0.0642. The maximum Gasteiger partial charge on any atom is 0.0830 e. The first kappa shape index (κ1) is 10.9. The van der Waals surface area contributed by atoms with Crippen molar-refractivity contribution in [3.8, 4) is 0 Å². The molecular formula is C8H18O3. The van der Waals surface area contributed by atoms with Crippen LogP contribution < -0.4 is 0 Å². The van der Waals surface area contributed by atoms with E-state index in [1.54, 1.807) is 0 Å². The Labute approximate surface area is 68.0 Å². The van der Waals surface area contributed by atoms with Gasteiger partial charge in [0.05, 0.1) is 18.8 Å². The van der Waals surface area contributed by atoms with Crippen molar-refractivity contribution in [1.29, 1.82) is 0 Å². The van der Waals surface area contributed by atoms with Crippen LogP contribution in [0.1, 0.15) is 26.7 Å². The number of hydrogen-bond donors (Lipinski definition) is 2. The molecule has 0 aliphatic carbocycles. The molecule has 0 saturated carbocycles. The van der Waals surface area contributed by atoms with E-state index in [9.17, 15) is 0 Å². The zero-order valence-electron chi connectivity index (χ0n) is 7.29. The minimum atomic E-state index is -0.268. The molecule has 0 spiro atoms. The van der Waals surface area contributed by atoms with Gasteiger partial charge in [-0.1, -0.05) is 13.8 Å². The molecule has 1 saturated heterocycles. The third-order valence-electron chi connectivity index (χ3n) is 1.54. The first-order valence-corrected chi connectivity index (χ1v) is 4.23. The molecule has 2 N–H and O–H groups in total. The Morgan fingerprint density at radius 3 is 2.45 bits per heavy atom. The van der Waals surface area contributed by atoms with Gasteiger partial charge in [0.2, 0.25) is 0 Å². The van der Waals surface area contributed by atoms with E-state index in [4.69, 9.17) is 14.9 Å². The van der Waals surface area contributed by atoms with Gasteiger partial charge in [0, 0.05) is 13.0 Å². The van der Waals surface area contributed by atoms with Crippen molar-refractivity contribution in [1.82, 2.24) is 0 Å². The highest BCUT2D eigenvalue weighted by molar-refractivity contribution is 4.68. The predicted octanol–water partition coefficient (Wildman–Crippen LogP) is 0.545. The van der Waals surface area contributed by atoms with Crippen molar-refractivity contribution in [2.75, 3.05) is 13.2 Å². The maximum absolute atomic E-state index is 9.02. The summed E-state index contributed by atoms with van der Waals surface area (Å²) in [6, 6.07) is 0. The van der Waals surface area contributed by atoms with Crippen LogP contribution in [0.2, 0.25) is 0 Å². The molecule has 0 bridgehead atoms. The average molecular weight is 162 g/mol. The van der Waals surface area contributed by atoms with Crippen molar-refractivity contribution in [3.63, 3.8) is 0 Å². The summed E-state index contributed by atoms with van der Waals surface area (Å²) in [5.74, 6) is 0. The minimum absolute atomic E-state index is 0.0249. The maximum atomic E-state index is 9.02. The zero-order chi connectivity index (χ0) is 8.69. The number of hydrogen-bond acceptors (Lipinski definition) is 3. The summed E-state index contributed by atoms with van der Waals surface area (Å²) in [6.45, 7) is 4.60. The van der Waals surface area contributed by atoms with Crippen molar-refractivity contribution in [2.45, 2.75) is 38.9 Å². The first-order chi connectivity index (χ1) is 5.33. The van der Waals surface area contributed by atoms with Gasteiger partial charge in [-0.2, -0.15) is 0 Å². The topological polar surface area (TPSA) is 49.7 Å². The molecule has 1 heterocycles. The predicted molar refractivity (Wildman–Crippen MR) is 43.4 cm³/mol. The number of aliphatic hydroxyl groups excluding tert-OH is 2. The molecule has 1 aliphatic rings. The van der Waals surface area contributed by atoms with E-state index in [0.717, 1.165) is 0 Å². The van der Waals surface area contributed by atoms with Crippen LogP contribution in [0.15, 0.2) is 0 Å². The largest absolute Gasteiger partial charge is 0.394 e. The highest BCUT2D eigenvalue weighted by Gasteiger charge is 2.19. The summed E-state index contributed by atoms with van der Waals surface area (Å²) >= 11 is 0. The van der Waals surface area contributed by atoms with Gasteiger partial charge < -0.3 is 14.9 Å². The molecule has 1 rings (SSSR count). The molecule has 0 aromatic heterocycles. The second-order valence-corrected chi connectivity index (χ2v) is 2.35. The van der Waals surface area contributed by atoms with Gasteiger partial charge in [-0.15, -0.1) is 0 Å².